The summed E-state index contributed by atoms with van der Waals surface area (Å²) in [4.78, 5) is 15.1. The predicted molar refractivity (Wildman–Crippen MR) is 70.3 cm³/mol. The fraction of sp³-hybridized carbons (Fsp3) is 0.0769. The van der Waals surface area contributed by atoms with Crippen LogP contribution in [0.3, 0.4) is 0 Å². The van der Waals surface area contributed by atoms with Gasteiger partial charge in [0.15, 0.2) is 0 Å². The molecule has 0 aliphatic rings. The number of hydrogen-bond donors (Lipinski definition) is 0. The molecule has 2 aromatic heterocycles. The van der Waals surface area contributed by atoms with Crippen molar-refractivity contribution >= 4 is 16.6 Å². The summed E-state index contributed by atoms with van der Waals surface area (Å²) < 4.78 is 1.51. The molecule has 0 aliphatic heterocycles. The van der Waals surface area contributed by atoms with E-state index in [4.69, 9.17) is 0 Å². The van der Waals surface area contributed by atoms with Gasteiger partial charge in [-0.2, -0.15) is 5.10 Å². The first-order valence-corrected chi connectivity index (χ1v) is 5.71. The summed E-state index contributed by atoms with van der Waals surface area (Å²) in [5.74, 6) is 0. The highest BCUT2D eigenvalue weighted by atomic mass is 16.6. The van der Waals surface area contributed by atoms with Gasteiger partial charge in [-0.3, -0.25) is 15.1 Å². The number of nitrogens with zero attached hydrogens (tertiary/aromatic N) is 4. The zero-order valence-corrected chi connectivity index (χ0v) is 10.1. The van der Waals surface area contributed by atoms with Crippen LogP contribution in [0.25, 0.3) is 16.6 Å². The number of hydrogen-bond acceptors (Lipinski definition) is 4. The van der Waals surface area contributed by atoms with E-state index in [0.29, 0.717) is 16.6 Å². The summed E-state index contributed by atoms with van der Waals surface area (Å²) in [5.41, 5.74) is 1.87. The number of nitro groups is 1. The molecule has 6 heteroatoms. The Balaban J connectivity index is 2.36. The molecular formula is C13H10N4O2. The molecule has 0 unspecified atom stereocenters. The fourth-order valence-corrected chi connectivity index (χ4v) is 2.05. The van der Waals surface area contributed by atoms with Gasteiger partial charge in [0.1, 0.15) is 5.69 Å². The van der Waals surface area contributed by atoms with Crippen LogP contribution in [0.5, 0.6) is 0 Å². The molecule has 2 heterocycles. The van der Waals surface area contributed by atoms with Crippen molar-refractivity contribution in [3.63, 3.8) is 0 Å². The van der Waals surface area contributed by atoms with Crippen LogP contribution < -0.4 is 0 Å². The lowest BCUT2D eigenvalue weighted by Crippen LogP contribution is -2.02. The molecule has 0 N–H and O–H groups in total. The summed E-state index contributed by atoms with van der Waals surface area (Å²) in [6, 6.07) is 8.61. The first kappa shape index (κ1) is 11.3. The Hall–Kier alpha value is -2.76. The van der Waals surface area contributed by atoms with Crippen LogP contribution in [0.15, 0.2) is 42.7 Å². The van der Waals surface area contributed by atoms with Crippen LogP contribution in [0.2, 0.25) is 0 Å². The van der Waals surface area contributed by atoms with Gasteiger partial charge >= 0.3 is 5.69 Å². The number of aromatic nitrogens is 3. The van der Waals surface area contributed by atoms with Crippen molar-refractivity contribution < 1.29 is 4.92 Å². The van der Waals surface area contributed by atoms with Gasteiger partial charge in [-0.25, -0.2) is 4.68 Å². The van der Waals surface area contributed by atoms with Gasteiger partial charge in [0, 0.05) is 12.4 Å². The average Bonchev–Trinajstić information content (AvgIpc) is 2.83. The van der Waals surface area contributed by atoms with Crippen molar-refractivity contribution in [2.24, 2.45) is 0 Å². The van der Waals surface area contributed by atoms with Gasteiger partial charge in [-0.15, -0.1) is 0 Å². The zero-order valence-electron chi connectivity index (χ0n) is 10.1. The number of rotatable bonds is 2. The molecule has 0 fully saturated rings. The van der Waals surface area contributed by atoms with E-state index in [9.17, 15) is 10.1 Å². The minimum atomic E-state index is -0.393. The third-order valence-electron chi connectivity index (χ3n) is 2.89. The number of benzene rings is 1. The lowest BCUT2D eigenvalue weighted by atomic mass is 10.1. The van der Waals surface area contributed by atoms with Crippen LogP contribution in [-0.2, 0) is 0 Å². The van der Waals surface area contributed by atoms with E-state index < -0.39 is 4.92 Å². The molecule has 6 nitrogen and oxygen atoms in total. The van der Waals surface area contributed by atoms with Crippen LogP contribution in [-0.4, -0.2) is 19.7 Å². The first-order chi connectivity index (χ1) is 9.16. The number of pyridine rings is 1. The third kappa shape index (κ3) is 1.83. The van der Waals surface area contributed by atoms with Crippen molar-refractivity contribution in [2.45, 2.75) is 6.92 Å². The number of nitro benzene ring substituents is 1. The molecule has 0 bridgehead atoms. The SMILES string of the molecule is Cc1ccn(-c2ccc3ncccc3c2[N+](=O)[O-])n1. The van der Waals surface area contributed by atoms with Crippen molar-refractivity contribution in [3.8, 4) is 5.69 Å². The van der Waals surface area contributed by atoms with E-state index in [1.807, 2.05) is 6.92 Å². The Morgan fingerprint density at radius 3 is 2.79 bits per heavy atom. The van der Waals surface area contributed by atoms with Crippen molar-refractivity contribution in [2.75, 3.05) is 0 Å². The average molecular weight is 254 g/mol. The molecule has 0 atom stereocenters. The maximum atomic E-state index is 11.4. The Kier molecular flexibility index (Phi) is 2.49. The van der Waals surface area contributed by atoms with Gasteiger partial charge < -0.3 is 0 Å². The summed E-state index contributed by atoms with van der Waals surface area (Å²) >= 11 is 0. The standard InChI is InChI=1S/C13H10N4O2/c1-9-6-8-16(15-9)12-5-4-11-10(3-2-7-14-11)13(12)17(18)19/h2-8H,1H3. The quantitative estimate of drug-likeness (QED) is 0.520. The van der Waals surface area contributed by atoms with E-state index in [2.05, 4.69) is 10.1 Å². The van der Waals surface area contributed by atoms with E-state index in [-0.39, 0.29) is 5.69 Å². The summed E-state index contributed by atoms with van der Waals surface area (Å²) in [6.07, 6.45) is 3.32. The lowest BCUT2D eigenvalue weighted by Gasteiger charge is -2.05. The Labute approximate surface area is 108 Å². The van der Waals surface area contributed by atoms with E-state index in [1.165, 1.54) is 4.68 Å². The largest absolute Gasteiger partial charge is 0.304 e. The Bertz CT molecular complexity index is 779. The van der Waals surface area contributed by atoms with Crippen molar-refractivity contribution in [3.05, 3.63) is 58.5 Å². The topological polar surface area (TPSA) is 73.8 Å². The van der Waals surface area contributed by atoms with Crippen LogP contribution in [0.4, 0.5) is 5.69 Å². The summed E-state index contributed by atoms with van der Waals surface area (Å²) in [5, 5.41) is 16.1. The van der Waals surface area contributed by atoms with Crippen LogP contribution >= 0.6 is 0 Å². The van der Waals surface area contributed by atoms with Crippen LogP contribution in [0.1, 0.15) is 5.69 Å². The van der Waals surface area contributed by atoms with Crippen molar-refractivity contribution in [1.29, 1.82) is 0 Å². The zero-order chi connectivity index (χ0) is 13.4. The second kappa shape index (κ2) is 4.16. The molecule has 0 aliphatic carbocycles. The smallest absolute Gasteiger partial charge is 0.258 e. The van der Waals surface area contributed by atoms with E-state index >= 15 is 0 Å². The van der Waals surface area contributed by atoms with Crippen LogP contribution in [0, 0.1) is 17.0 Å². The molecule has 0 saturated heterocycles. The maximum Gasteiger partial charge on any atom is 0.304 e. The molecular weight excluding hydrogens is 244 g/mol. The highest BCUT2D eigenvalue weighted by Crippen LogP contribution is 2.30. The summed E-state index contributed by atoms with van der Waals surface area (Å²) in [7, 11) is 0. The highest BCUT2D eigenvalue weighted by molar-refractivity contribution is 5.91. The lowest BCUT2D eigenvalue weighted by molar-refractivity contribution is -0.382. The Morgan fingerprint density at radius 1 is 1.26 bits per heavy atom. The van der Waals surface area contributed by atoms with Gasteiger partial charge in [0.05, 0.1) is 21.5 Å². The van der Waals surface area contributed by atoms with E-state index in [1.54, 1.807) is 42.7 Å². The monoisotopic (exact) mass is 254 g/mol. The Morgan fingerprint density at radius 2 is 2.11 bits per heavy atom. The molecule has 3 rings (SSSR count). The predicted octanol–water partition coefficient (Wildman–Crippen LogP) is 2.64. The minimum Gasteiger partial charge on any atom is -0.258 e. The second-order valence-corrected chi connectivity index (χ2v) is 4.16. The minimum absolute atomic E-state index is 0.0219. The van der Waals surface area contributed by atoms with Gasteiger partial charge in [-0.05, 0) is 37.3 Å². The number of aryl methyl sites for hydroxylation is 1. The molecule has 0 spiro atoms. The highest BCUT2D eigenvalue weighted by Gasteiger charge is 2.20. The molecule has 0 saturated carbocycles. The van der Waals surface area contributed by atoms with Gasteiger partial charge in [0.25, 0.3) is 0 Å². The molecule has 94 valence electrons. The first-order valence-electron chi connectivity index (χ1n) is 5.71. The molecule has 19 heavy (non-hydrogen) atoms. The second-order valence-electron chi connectivity index (χ2n) is 4.16. The van der Waals surface area contributed by atoms with Gasteiger partial charge in [0.2, 0.25) is 0 Å². The fourth-order valence-electron chi connectivity index (χ4n) is 2.05. The normalized spacial score (nSPS) is 10.8. The molecule has 0 radical (unpaired) electrons. The molecule has 1 aromatic carbocycles. The number of fused-ring (bicyclic) bond motifs is 1. The van der Waals surface area contributed by atoms with Crippen molar-refractivity contribution in [1.82, 2.24) is 14.8 Å². The maximum absolute atomic E-state index is 11.4. The van der Waals surface area contributed by atoms with Gasteiger partial charge in [-0.1, -0.05) is 0 Å². The van der Waals surface area contributed by atoms with E-state index in [0.717, 1.165) is 5.69 Å². The molecule has 0 amide bonds. The molecule has 3 aromatic rings. The summed E-state index contributed by atoms with van der Waals surface area (Å²) in [6.45, 7) is 1.84. The third-order valence-corrected chi connectivity index (χ3v) is 2.89.